The predicted molar refractivity (Wildman–Crippen MR) is 96.5 cm³/mol. The summed E-state index contributed by atoms with van der Waals surface area (Å²) in [5, 5.41) is 8.50. The molecule has 1 aromatic heterocycles. The molecule has 0 fully saturated rings. The Hall–Kier alpha value is -2.53. The van der Waals surface area contributed by atoms with Crippen LogP contribution >= 0.6 is 11.8 Å². The van der Waals surface area contributed by atoms with Crippen LogP contribution in [0.15, 0.2) is 35.4 Å². The highest BCUT2D eigenvalue weighted by Gasteiger charge is 2.36. The van der Waals surface area contributed by atoms with Crippen molar-refractivity contribution in [2.75, 3.05) is 11.4 Å². The number of carbonyl (C=O) groups excluding carboxylic acids is 1. The first kappa shape index (κ1) is 19.2. The van der Waals surface area contributed by atoms with Crippen LogP contribution in [0, 0.1) is 18.3 Å². The Balaban J connectivity index is 1.89. The van der Waals surface area contributed by atoms with Gasteiger partial charge in [-0.05, 0) is 38.0 Å². The van der Waals surface area contributed by atoms with Crippen LogP contribution in [0.2, 0.25) is 0 Å². The van der Waals surface area contributed by atoms with Gasteiger partial charge >= 0.3 is 6.18 Å². The third-order valence-corrected chi connectivity index (χ3v) is 5.39. The van der Waals surface area contributed by atoms with Gasteiger partial charge in [-0.25, -0.2) is 4.98 Å². The lowest BCUT2D eigenvalue weighted by Gasteiger charge is -2.22. The molecule has 0 bridgehead atoms. The number of para-hydroxylation sites is 1. The molecule has 3 rings (SSSR count). The van der Waals surface area contributed by atoms with Crippen molar-refractivity contribution in [3.63, 3.8) is 0 Å². The van der Waals surface area contributed by atoms with Crippen LogP contribution in [-0.4, -0.2) is 22.7 Å². The number of pyridine rings is 1. The minimum atomic E-state index is -4.66. The first-order chi connectivity index (χ1) is 12.7. The molecule has 0 radical (unpaired) electrons. The Morgan fingerprint density at radius 1 is 1.37 bits per heavy atom. The number of carbonyl (C=O) groups is 1. The van der Waals surface area contributed by atoms with Crippen molar-refractivity contribution < 1.29 is 18.0 Å². The molecular weight excluding hydrogens is 375 g/mol. The third-order valence-electron chi connectivity index (χ3n) is 4.32. The summed E-state index contributed by atoms with van der Waals surface area (Å²) in [6, 6.07) is 10.00. The molecule has 8 heteroatoms. The zero-order chi connectivity index (χ0) is 19.8. The van der Waals surface area contributed by atoms with Gasteiger partial charge in [0.1, 0.15) is 11.1 Å². The molecule has 4 nitrogen and oxygen atoms in total. The van der Waals surface area contributed by atoms with Crippen molar-refractivity contribution >= 4 is 23.4 Å². The van der Waals surface area contributed by atoms with E-state index in [1.807, 2.05) is 24.3 Å². The van der Waals surface area contributed by atoms with Crippen molar-refractivity contribution in [1.82, 2.24) is 4.98 Å². The molecule has 1 amide bonds. The summed E-state index contributed by atoms with van der Waals surface area (Å²) in [6.45, 7) is 3.58. The monoisotopic (exact) mass is 391 g/mol. The molecule has 1 aliphatic heterocycles. The number of nitrogens with zero attached hydrogens (tertiary/aromatic N) is 3. The summed E-state index contributed by atoms with van der Waals surface area (Å²) in [5.41, 5.74) is 0.471. The number of anilines is 1. The maximum absolute atomic E-state index is 13.2. The van der Waals surface area contributed by atoms with Gasteiger partial charge in [0.25, 0.3) is 0 Å². The topological polar surface area (TPSA) is 57.0 Å². The van der Waals surface area contributed by atoms with Crippen LogP contribution in [-0.2, 0) is 17.4 Å². The zero-order valence-corrected chi connectivity index (χ0v) is 15.5. The van der Waals surface area contributed by atoms with Crippen molar-refractivity contribution in [1.29, 1.82) is 5.26 Å². The molecule has 2 heterocycles. The van der Waals surface area contributed by atoms with E-state index in [2.05, 4.69) is 4.98 Å². The molecule has 0 saturated carbocycles. The van der Waals surface area contributed by atoms with Gasteiger partial charge in [0.05, 0.1) is 16.4 Å². The molecule has 0 spiro atoms. The molecule has 1 unspecified atom stereocenters. The maximum Gasteiger partial charge on any atom is 0.417 e. The average Bonchev–Trinajstić information content (AvgIpc) is 3.04. The van der Waals surface area contributed by atoms with E-state index < -0.39 is 22.6 Å². The van der Waals surface area contributed by atoms with Gasteiger partial charge in [-0.1, -0.05) is 30.0 Å². The Labute approximate surface area is 159 Å². The lowest BCUT2D eigenvalue weighted by atomic mass is 10.1. The second kappa shape index (κ2) is 7.24. The lowest BCUT2D eigenvalue weighted by Crippen LogP contribution is -2.35. The fourth-order valence-electron chi connectivity index (χ4n) is 3.07. The SMILES string of the molecule is Cc1cc(C(F)(F)F)c(C#N)c(SC(C)C(=O)N2CCc3ccccc32)n1. The summed E-state index contributed by atoms with van der Waals surface area (Å²) in [6.07, 6.45) is -3.92. The third kappa shape index (κ3) is 3.78. The quantitative estimate of drug-likeness (QED) is 0.730. The smallest absolute Gasteiger partial charge is 0.311 e. The highest BCUT2D eigenvalue weighted by atomic mass is 32.2. The molecular formula is C19H16F3N3OS. The molecule has 27 heavy (non-hydrogen) atoms. The summed E-state index contributed by atoms with van der Waals surface area (Å²) in [7, 11) is 0. The first-order valence-electron chi connectivity index (χ1n) is 8.27. The minimum absolute atomic E-state index is 0.0712. The normalized spacial score (nSPS) is 14.6. The molecule has 1 atom stereocenters. The second-order valence-corrected chi connectivity index (χ2v) is 7.56. The van der Waals surface area contributed by atoms with Crippen LogP contribution < -0.4 is 4.90 Å². The fourth-order valence-corrected chi connectivity index (χ4v) is 4.10. The van der Waals surface area contributed by atoms with Gasteiger partial charge in [-0.2, -0.15) is 18.4 Å². The summed E-state index contributed by atoms with van der Waals surface area (Å²) >= 11 is 0.884. The van der Waals surface area contributed by atoms with Crippen molar-refractivity contribution in [2.24, 2.45) is 0 Å². The molecule has 1 aliphatic rings. The van der Waals surface area contributed by atoms with Crippen molar-refractivity contribution in [3.8, 4) is 6.07 Å². The van der Waals surface area contributed by atoms with Crippen LogP contribution in [0.3, 0.4) is 0 Å². The number of halogens is 3. The Bertz CT molecular complexity index is 937. The number of hydrogen-bond donors (Lipinski definition) is 0. The van der Waals surface area contributed by atoms with Gasteiger partial charge in [0, 0.05) is 17.9 Å². The van der Waals surface area contributed by atoms with Crippen molar-refractivity contribution in [3.05, 3.63) is 52.7 Å². The van der Waals surface area contributed by atoms with E-state index in [1.165, 1.54) is 6.92 Å². The number of aryl methyl sites for hydroxylation is 1. The molecule has 1 aromatic carbocycles. The Morgan fingerprint density at radius 3 is 2.74 bits per heavy atom. The fraction of sp³-hybridized carbons (Fsp3) is 0.316. The van der Waals surface area contributed by atoms with E-state index in [4.69, 9.17) is 0 Å². The predicted octanol–water partition coefficient (Wildman–Crippen LogP) is 4.35. The number of thioether (sulfide) groups is 1. The number of rotatable bonds is 3. The van der Waals surface area contributed by atoms with Crippen LogP contribution in [0.4, 0.5) is 18.9 Å². The van der Waals surface area contributed by atoms with E-state index in [-0.39, 0.29) is 16.6 Å². The van der Waals surface area contributed by atoms with Crippen LogP contribution in [0.5, 0.6) is 0 Å². The van der Waals surface area contributed by atoms with Crippen molar-refractivity contribution in [2.45, 2.75) is 36.7 Å². The van der Waals surface area contributed by atoms with E-state index in [1.54, 1.807) is 17.9 Å². The Morgan fingerprint density at radius 2 is 2.07 bits per heavy atom. The van der Waals surface area contributed by atoms with E-state index in [0.717, 1.165) is 35.5 Å². The zero-order valence-electron chi connectivity index (χ0n) is 14.7. The number of hydrogen-bond acceptors (Lipinski definition) is 4. The highest BCUT2D eigenvalue weighted by molar-refractivity contribution is 8.00. The number of amides is 1. The molecule has 140 valence electrons. The Kier molecular flexibility index (Phi) is 5.16. The van der Waals surface area contributed by atoms with Crippen LogP contribution in [0.1, 0.15) is 29.3 Å². The van der Waals surface area contributed by atoms with Crippen LogP contribution in [0.25, 0.3) is 0 Å². The number of benzene rings is 1. The molecule has 0 N–H and O–H groups in total. The molecule has 0 saturated heterocycles. The summed E-state index contributed by atoms with van der Waals surface area (Å²) < 4.78 is 39.7. The molecule has 0 aliphatic carbocycles. The molecule has 2 aromatic rings. The number of fused-ring (bicyclic) bond motifs is 1. The second-order valence-electron chi connectivity index (χ2n) is 6.23. The van der Waals surface area contributed by atoms with E-state index in [0.29, 0.717) is 6.54 Å². The van der Waals surface area contributed by atoms with Gasteiger partial charge in [-0.3, -0.25) is 4.79 Å². The maximum atomic E-state index is 13.2. The van der Waals surface area contributed by atoms with Gasteiger partial charge < -0.3 is 4.90 Å². The van der Waals surface area contributed by atoms with E-state index >= 15 is 0 Å². The lowest BCUT2D eigenvalue weighted by molar-refractivity contribution is -0.138. The largest absolute Gasteiger partial charge is 0.417 e. The standard InChI is InChI=1S/C19H16F3N3OS/c1-11-9-15(19(20,21)22)14(10-23)17(24-11)27-12(2)18(26)25-8-7-13-5-3-4-6-16(13)25/h3-6,9,12H,7-8H2,1-2H3. The van der Waals surface area contributed by atoms with Gasteiger partial charge in [0.2, 0.25) is 5.91 Å². The highest BCUT2D eigenvalue weighted by Crippen LogP contribution is 2.38. The summed E-state index contributed by atoms with van der Waals surface area (Å²) in [4.78, 5) is 18.6. The average molecular weight is 391 g/mol. The van der Waals surface area contributed by atoms with E-state index in [9.17, 15) is 23.2 Å². The number of aromatic nitrogens is 1. The number of nitriles is 1. The number of alkyl halides is 3. The minimum Gasteiger partial charge on any atom is -0.311 e. The summed E-state index contributed by atoms with van der Waals surface area (Å²) in [5.74, 6) is -0.217. The van der Waals surface area contributed by atoms with Gasteiger partial charge in [0.15, 0.2) is 0 Å². The van der Waals surface area contributed by atoms with Gasteiger partial charge in [-0.15, -0.1) is 0 Å². The first-order valence-corrected chi connectivity index (χ1v) is 9.15.